The lowest BCUT2D eigenvalue weighted by Gasteiger charge is -2.30. The van der Waals surface area contributed by atoms with Crippen molar-refractivity contribution in [1.82, 2.24) is 9.80 Å². The Hall–Kier alpha value is -2.16. The Labute approximate surface area is 163 Å². The van der Waals surface area contributed by atoms with Gasteiger partial charge in [-0.3, -0.25) is 19.4 Å². The van der Waals surface area contributed by atoms with Crippen molar-refractivity contribution < 1.29 is 19.1 Å². The Balaban J connectivity index is 1.76. The van der Waals surface area contributed by atoms with E-state index in [2.05, 4.69) is 9.89 Å². The Bertz CT molecular complexity index is 730. The van der Waals surface area contributed by atoms with Crippen LogP contribution in [0.15, 0.2) is 41.0 Å². The minimum Gasteiger partial charge on any atom is -0.465 e. The van der Waals surface area contributed by atoms with Crippen LogP contribution in [-0.4, -0.2) is 72.2 Å². The lowest BCUT2D eigenvalue weighted by molar-refractivity contribution is -0.139. The molecule has 0 aromatic heterocycles. The van der Waals surface area contributed by atoms with E-state index in [-0.39, 0.29) is 17.6 Å². The molecule has 1 aromatic rings. The summed E-state index contributed by atoms with van der Waals surface area (Å²) < 4.78 is 10.3. The standard InChI is InChI=1S/C19H23N3O4S/c1-2-26-17(23)13-27-19-20-16(12-15-6-4-3-5-7-15)18(24)22(19)14-21-8-10-25-11-9-21/h3-7,12H,2,8-11,13-14H2,1H3/b16-12+. The van der Waals surface area contributed by atoms with Crippen molar-refractivity contribution in [2.24, 2.45) is 4.99 Å². The van der Waals surface area contributed by atoms with Crippen LogP contribution in [0.2, 0.25) is 0 Å². The smallest absolute Gasteiger partial charge is 0.316 e. The van der Waals surface area contributed by atoms with Gasteiger partial charge < -0.3 is 9.47 Å². The number of thioether (sulfide) groups is 1. The van der Waals surface area contributed by atoms with E-state index in [0.717, 1.165) is 18.7 Å². The van der Waals surface area contributed by atoms with Crippen molar-refractivity contribution >= 4 is 34.9 Å². The van der Waals surface area contributed by atoms with Crippen molar-refractivity contribution in [1.29, 1.82) is 0 Å². The number of aliphatic imine (C=N–C) groups is 1. The SMILES string of the molecule is CCOC(=O)CSC1=N/C(=C/c2ccccc2)C(=O)N1CN1CCOCC1. The number of hydrogen-bond acceptors (Lipinski definition) is 7. The second-order valence-corrected chi connectivity index (χ2v) is 6.98. The fraction of sp³-hybridized carbons (Fsp3) is 0.421. The zero-order chi connectivity index (χ0) is 19.1. The number of morpholine rings is 1. The van der Waals surface area contributed by atoms with Gasteiger partial charge in [-0.15, -0.1) is 0 Å². The summed E-state index contributed by atoms with van der Waals surface area (Å²) in [6.07, 6.45) is 1.77. The highest BCUT2D eigenvalue weighted by Crippen LogP contribution is 2.24. The van der Waals surface area contributed by atoms with Crippen LogP contribution in [0.4, 0.5) is 0 Å². The molecule has 2 aliphatic rings. The predicted octanol–water partition coefficient (Wildman–Crippen LogP) is 1.81. The van der Waals surface area contributed by atoms with Crippen molar-refractivity contribution in [3.63, 3.8) is 0 Å². The van der Waals surface area contributed by atoms with E-state index in [4.69, 9.17) is 9.47 Å². The molecule has 1 fully saturated rings. The van der Waals surface area contributed by atoms with E-state index in [1.807, 2.05) is 30.3 Å². The maximum Gasteiger partial charge on any atom is 0.316 e. The first kappa shape index (κ1) is 19.6. The summed E-state index contributed by atoms with van der Waals surface area (Å²) in [6, 6.07) is 9.60. The van der Waals surface area contributed by atoms with Crippen molar-refractivity contribution in [2.75, 3.05) is 45.3 Å². The van der Waals surface area contributed by atoms with Gasteiger partial charge in [-0.05, 0) is 18.6 Å². The van der Waals surface area contributed by atoms with Crippen LogP contribution >= 0.6 is 11.8 Å². The minimum atomic E-state index is -0.315. The fourth-order valence-electron chi connectivity index (χ4n) is 2.74. The molecule has 0 saturated carbocycles. The number of amides is 1. The highest BCUT2D eigenvalue weighted by molar-refractivity contribution is 8.14. The third kappa shape index (κ3) is 5.41. The molecular weight excluding hydrogens is 366 g/mol. The van der Waals surface area contributed by atoms with Gasteiger partial charge in [0, 0.05) is 13.1 Å². The molecule has 0 aliphatic carbocycles. The molecule has 0 atom stereocenters. The average molecular weight is 389 g/mol. The van der Waals surface area contributed by atoms with Crippen LogP contribution in [0.5, 0.6) is 0 Å². The highest BCUT2D eigenvalue weighted by atomic mass is 32.2. The summed E-state index contributed by atoms with van der Waals surface area (Å²) in [7, 11) is 0. The number of carbonyl (C=O) groups is 2. The molecular formula is C19H23N3O4S. The van der Waals surface area contributed by atoms with Gasteiger partial charge in [0.1, 0.15) is 5.70 Å². The number of amidine groups is 1. The maximum absolute atomic E-state index is 12.9. The molecule has 8 heteroatoms. The van der Waals surface area contributed by atoms with E-state index in [9.17, 15) is 9.59 Å². The van der Waals surface area contributed by atoms with Crippen LogP contribution in [0.25, 0.3) is 6.08 Å². The molecule has 0 N–H and O–H groups in total. The monoisotopic (exact) mass is 389 g/mol. The number of hydrogen-bond donors (Lipinski definition) is 0. The fourth-order valence-corrected chi connectivity index (χ4v) is 3.53. The van der Waals surface area contributed by atoms with Gasteiger partial charge in [0.15, 0.2) is 5.17 Å². The molecule has 144 valence electrons. The summed E-state index contributed by atoms with van der Waals surface area (Å²) >= 11 is 1.23. The number of rotatable bonds is 6. The number of benzene rings is 1. The maximum atomic E-state index is 12.9. The molecule has 2 heterocycles. The molecule has 3 rings (SSSR count). The molecule has 7 nitrogen and oxygen atoms in total. The zero-order valence-corrected chi connectivity index (χ0v) is 16.1. The van der Waals surface area contributed by atoms with Gasteiger partial charge in [-0.25, -0.2) is 4.99 Å². The third-order valence-corrected chi connectivity index (χ3v) is 5.03. The molecule has 0 unspecified atom stereocenters. The van der Waals surface area contributed by atoms with Crippen LogP contribution in [0.1, 0.15) is 12.5 Å². The Morgan fingerprint density at radius 2 is 2.04 bits per heavy atom. The zero-order valence-electron chi connectivity index (χ0n) is 15.3. The van der Waals surface area contributed by atoms with E-state index in [0.29, 0.717) is 37.4 Å². The molecule has 1 amide bonds. The first-order chi connectivity index (χ1) is 13.2. The van der Waals surface area contributed by atoms with Crippen molar-refractivity contribution in [3.8, 4) is 0 Å². The molecule has 0 radical (unpaired) electrons. The number of ether oxygens (including phenoxy) is 2. The van der Waals surface area contributed by atoms with E-state index < -0.39 is 0 Å². The van der Waals surface area contributed by atoms with Gasteiger partial charge in [0.2, 0.25) is 0 Å². The summed E-state index contributed by atoms with van der Waals surface area (Å²) in [5, 5.41) is 0.529. The van der Waals surface area contributed by atoms with Crippen molar-refractivity contribution in [2.45, 2.75) is 6.92 Å². The lowest BCUT2D eigenvalue weighted by atomic mass is 10.2. The Morgan fingerprint density at radius 1 is 1.30 bits per heavy atom. The highest BCUT2D eigenvalue weighted by Gasteiger charge is 2.32. The molecule has 27 heavy (non-hydrogen) atoms. The second kappa shape index (κ2) is 9.68. The van der Waals surface area contributed by atoms with Crippen LogP contribution in [0.3, 0.4) is 0 Å². The summed E-state index contributed by atoms with van der Waals surface area (Å²) in [6.45, 7) is 5.36. The molecule has 0 bridgehead atoms. The molecule has 1 aromatic carbocycles. The molecule has 1 saturated heterocycles. The van der Waals surface area contributed by atoms with Gasteiger partial charge in [-0.1, -0.05) is 42.1 Å². The summed E-state index contributed by atoms with van der Waals surface area (Å²) in [4.78, 5) is 32.9. The predicted molar refractivity (Wildman–Crippen MR) is 105 cm³/mol. The van der Waals surface area contributed by atoms with Crippen LogP contribution < -0.4 is 0 Å². The Kier molecular flexibility index (Phi) is 7.03. The Morgan fingerprint density at radius 3 is 2.74 bits per heavy atom. The molecule has 2 aliphatic heterocycles. The summed E-state index contributed by atoms with van der Waals surface area (Å²) in [5.74, 6) is -0.348. The largest absolute Gasteiger partial charge is 0.465 e. The topological polar surface area (TPSA) is 71.4 Å². The number of carbonyl (C=O) groups excluding carboxylic acids is 2. The van der Waals surface area contributed by atoms with Gasteiger partial charge in [-0.2, -0.15) is 0 Å². The van der Waals surface area contributed by atoms with Crippen LogP contribution in [0, 0.1) is 0 Å². The minimum absolute atomic E-state index is 0.123. The number of esters is 1. The first-order valence-corrected chi connectivity index (χ1v) is 9.91. The van der Waals surface area contributed by atoms with Crippen LogP contribution in [-0.2, 0) is 19.1 Å². The molecule has 0 spiro atoms. The van der Waals surface area contributed by atoms with Crippen molar-refractivity contribution in [3.05, 3.63) is 41.6 Å². The van der Waals surface area contributed by atoms with Gasteiger partial charge in [0.25, 0.3) is 5.91 Å². The van der Waals surface area contributed by atoms with E-state index >= 15 is 0 Å². The first-order valence-electron chi connectivity index (χ1n) is 8.93. The van der Waals surface area contributed by atoms with E-state index in [1.165, 1.54) is 11.8 Å². The normalized spacial score (nSPS) is 19.4. The number of nitrogens with zero attached hydrogens (tertiary/aromatic N) is 3. The third-order valence-electron chi connectivity index (χ3n) is 4.08. The summed E-state index contributed by atoms with van der Waals surface area (Å²) in [5.41, 5.74) is 1.29. The van der Waals surface area contributed by atoms with E-state index in [1.54, 1.807) is 17.9 Å². The lowest BCUT2D eigenvalue weighted by Crippen LogP contribution is -2.46. The van der Waals surface area contributed by atoms with Gasteiger partial charge in [0.05, 0.1) is 32.2 Å². The quantitative estimate of drug-likeness (QED) is 0.546. The van der Waals surface area contributed by atoms with Gasteiger partial charge >= 0.3 is 5.97 Å². The average Bonchev–Trinajstić information content (AvgIpc) is 2.97. The second-order valence-electron chi connectivity index (χ2n) is 6.03.